The molecule has 7 fully saturated rings. The number of aliphatic hydroxyl groups excluding tert-OH is 8. The molecule has 372 valence electrons. The fourth-order valence-electron chi connectivity index (χ4n) is 15.2. The van der Waals surface area contributed by atoms with Crippen LogP contribution in [0.25, 0.3) is 0 Å². The summed E-state index contributed by atoms with van der Waals surface area (Å²) < 4.78 is 42.8. The minimum atomic E-state index is -1.73. The number of methoxy groups -OCH3 is 1. The van der Waals surface area contributed by atoms with Gasteiger partial charge in [-0.3, -0.25) is 4.79 Å². The van der Waals surface area contributed by atoms with Crippen molar-refractivity contribution in [2.24, 2.45) is 50.2 Å². The molecule has 16 nitrogen and oxygen atoms in total. The second-order valence-corrected chi connectivity index (χ2v) is 23.6. The van der Waals surface area contributed by atoms with E-state index in [2.05, 4.69) is 54.5 Å². The Balaban J connectivity index is 1.07. The number of hydrogen-bond acceptors (Lipinski definition) is 16. The fraction of sp³-hybridized carbons (Fsp3) is 0.939. The van der Waals surface area contributed by atoms with Crippen molar-refractivity contribution >= 4 is 5.97 Å². The van der Waals surface area contributed by atoms with Crippen LogP contribution in [0.2, 0.25) is 0 Å². The molecule has 0 aromatic heterocycles. The van der Waals surface area contributed by atoms with Crippen LogP contribution in [0, 0.1) is 50.2 Å². The molecule has 65 heavy (non-hydrogen) atoms. The number of carbonyl (C=O) groups is 1. The van der Waals surface area contributed by atoms with E-state index in [1.54, 1.807) is 0 Å². The van der Waals surface area contributed by atoms with Gasteiger partial charge in [-0.15, -0.1) is 0 Å². The monoisotopic (exact) mass is 925 g/mol. The van der Waals surface area contributed by atoms with Gasteiger partial charge in [-0.2, -0.15) is 0 Å². The molecule has 8 rings (SSSR count). The molecule has 0 amide bonds. The molecule has 3 heterocycles. The summed E-state index contributed by atoms with van der Waals surface area (Å²) in [6.45, 7) is 18.9. The number of ether oxygens (including phenoxy) is 7. The van der Waals surface area contributed by atoms with E-state index in [0.717, 1.165) is 57.8 Å². The lowest BCUT2D eigenvalue weighted by atomic mass is 9.33. The highest BCUT2D eigenvalue weighted by molar-refractivity contribution is 5.78. The van der Waals surface area contributed by atoms with Crippen molar-refractivity contribution in [3.05, 3.63) is 11.6 Å². The largest absolute Gasteiger partial charge is 0.469 e. The minimum absolute atomic E-state index is 0.0213. The molecule has 0 spiro atoms. The Morgan fingerprint density at radius 2 is 1.25 bits per heavy atom. The second-order valence-electron chi connectivity index (χ2n) is 23.6. The Morgan fingerprint density at radius 1 is 0.662 bits per heavy atom. The zero-order valence-corrected chi connectivity index (χ0v) is 40.2. The number of carbonyl (C=O) groups excluding carboxylic acids is 1. The van der Waals surface area contributed by atoms with Gasteiger partial charge < -0.3 is 74.0 Å². The number of fused-ring (bicyclic) bond motifs is 7. The Kier molecular flexibility index (Phi) is 13.5. The first kappa shape index (κ1) is 50.1. The second kappa shape index (κ2) is 17.5. The quantitative estimate of drug-likeness (QED) is 0.0992. The first-order valence-corrected chi connectivity index (χ1v) is 24.4. The molecule has 3 saturated heterocycles. The van der Waals surface area contributed by atoms with E-state index < -0.39 is 116 Å². The summed E-state index contributed by atoms with van der Waals surface area (Å²) >= 11 is 0. The van der Waals surface area contributed by atoms with E-state index in [1.165, 1.54) is 26.5 Å². The molecule has 0 unspecified atom stereocenters. The summed E-state index contributed by atoms with van der Waals surface area (Å²) in [5.41, 5.74) is 0.481. The van der Waals surface area contributed by atoms with Gasteiger partial charge in [-0.25, -0.2) is 0 Å². The number of hydrogen-bond donors (Lipinski definition) is 8. The Hall–Kier alpha value is -1.35. The highest BCUT2D eigenvalue weighted by atomic mass is 16.8. The van der Waals surface area contributed by atoms with Crippen LogP contribution >= 0.6 is 0 Å². The van der Waals surface area contributed by atoms with Gasteiger partial charge in [0.15, 0.2) is 18.9 Å². The SMILES string of the molecule is COC(=O)[C@]12CCC(C)(C)C[C@H]1C1=CC[C@@H]3[C@@]4(C)CC[C@@H](O[C@@H]5O[C@H](CO)[C@@H](O[C@@H]6O[C@@H](C)[C@H](O)[C@@H](O)[C@H]6O)[C@H](O)[C@H]5O[C@@H]5O[C@@H](C)[C@H](O)[C@@H](O)[C@H]5O)C(C)(C)[C@@H]4CC[C@@]3(C)[C@]1(C)CC2. The van der Waals surface area contributed by atoms with E-state index in [0.29, 0.717) is 12.3 Å². The van der Waals surface area contributed by atoms with Gasteiger partial charge in [0.05, 0.1) is 37.4 Å². The third-order valence-electron chi connectivity index (χ3n) is 19.5. The normalized spacial score (nSPS) is 53.9. The maximum atomic E-state index is 13.7. The zero-order valence-electron chi connectivity index (χ0n) is 40.2. The van der Waals surface area contributed by atoms with Crippen molar-refractivity contribution in [1.29, 1.82) is 0 Å². The van der Waals surface area contributed by atoms with Gasteiger partial charge in [0.1, 0.15) is 61.0 Å². The number of aliphatic hydroxyl groups is 8. The lowest BCUT2D eigenvalue weighted by Gasteiger charge is -2.71. The van der Waals surface area contributed by atoms with Gasteiger partial charge in [0, 0.05) is 0 Å². The molecular weight excluding hydrogens is 845 g/mol. The van der Waals surface area contributed by atoms with Crippen molar-refractivity contribution in [3.8, 4) is 0 Å². The third kappa shape index (κ3) is 7.82. The van der Waals surface area contributed by atoms with Gasteiger partial charge in [-0.1, -0.05) is 60.1 Å². The minimum Gasteiger partial charge on any atom is -0.469 e. The molecule has 0 radical (unpaired) electrons. The summed E-state index contributed by atoms with van der Waals surface area (Å²) in [6.07, 6.45) is -10.7. The summed E-state index contributed by atoms with van der Waals surface area (Å²) in [5, 5.41) is 86.7. The first-order valence-electron chi connectivity index (χ1n) is 24.4. The lowest BCUT2D eigenvalue weighted by molar-refractivity contribution is -0.393. The van der Waals surface area contributed by atoms with Crippen LogP contribution in [-0.2, 0) is 38.0 Å². The van der Waals surface area contributed by atoms with Crippen molar-refractivity contribution in [2.45, 2.75) is 225 Å². The average molecular weight is 925 g/mol. The van der Waals surface area contributed by atoms with Gasteiger partial charge in [0.2, 0.25) is 0 Å². The molecule has 5 aliphatic carbocycles. The molecule has 3 aliphatic heterocycles. The maximum Gasteiger partial charge on any atom is 0.312 e. The van der Waals surface area contributed by atoms with Crippen LogP contribution < -0.4 is 0 Å². The van der Waals surface area contributed by atoms with E-state index in [9.17, 15) is 45.6 Å². The summed E-state index contributed by atoms with van der Waals surface area (Å²) in [5.74, 6) is 0.665. The zero-order chi connectivity index (χ0) is 47.6. The van der Waals surface area contributed by atoms with Crippen LogP contribution in [0.4, 0.5) is 0 Å². The third-order valence-corrected chi connectivity index (χ3v) is 19.5. The molecule has 16 heteroatoms. The highest BCUT2D eigenvalue weighted by Gasteiger charge is 2.70. The smallest absolute Gasteiger partial charge is 0.312 e. The van der Waals surface area contributed by atoms with Crippen molar-refractivity contribution in [1.82, 2.24) is 0 Å². The van der Waals surface area contributed by atoms with Gasteiger partial charge in [-0.05, 0) is 123 Å². The molecule has 0 bridgehead atoms. The van der Waals surface area contributed by atoms with E-state index in [1.807, 2.05) is 0 Å². The van der Waals surface area contributed by atoms with E-state index in [-0.39, 0.29) is 39.5 Å². The predicted molar refractivity (Wildman–Crippen MR) is 232 cm³/mol. The van der Waals surface area contributed by atoms with Crippen LogP contribution in [-0.4, -0.2) is 159 Å². The standard InChI is InChI=1S/C49H80O16/c1-23-31(51)33(53)35(55)40(60-23)64-38-27(22-50)62-42(39(37(38)57)65-41-36(56)34(54)32(52)24(2)61-41)63-30-14-15-46(7)28(45(30,5)6)13-16-48(9)29(46)12-11-25-26-21-44(3,4)17-19-49(26,43(58)59-10)20-18-47(25,48)8/h11,23-24,26-42,50-57H,12-22H2,1-10H3/t23-,24-,26-,27+,28-,29+,30+,31-,32-,33+,34+,35+,36+,37-,38+,39+,40-,41-,42-,46-,47+,48+,49-/m0/s1. The summed E-state index contributed by atoms with van der Waals surface area (Å²) in [6, 6.07) is 0. The topological polar surface area (TPSA) is 244 Å². The van der Waals surface area contributed by atoms with E-state index in [4.69, 9.17) is 33.2 Å². The van der Waals surface area contributed by atoms with Crippen molar-refractivity contribution in [2.75, 3.05) is 13.7 Å². The molecule has 23 atom stereocenters. The van der Waals surface area contributed by atoms with Crippen molar-refractivity contribution < 1.29 is 78.8 Å². The van der Waals surface area contributed by atoms with Crippen molar-refractivity contribution in [3.63, 3.8) is 0 Å². The first-order chi connectivity index (χ1) is 30.3. The number of allylic oxidation sites excluding steroid dienone is 2. The maximum absolute atomic E-state index is 13.7. The van der Waals surface area contributed by atoms with Crippen LogP contribution in [0.15, 0.2) is 11.6 Å². The molecule has 4 saturated carbocycles. The molecule has 0 aromatic rings. The number of rotatable bonds is 8. The van der Waals surface area contributed by atoms with E-state index >= 15 is 0 Å². The lowest BCUT2D eigenvalue weighted by Crippen LogP contribution is -2.68. The average Bonchev–Trinajstić information content (AvgIpc) is 3.25. The summed E-state index contributed by atoms with van der Waals surface area (Å²) in [7, 11) is 1.54. The molecule has 8 N–H and O–H groups in total. The van der Waals surface area contributed by atoms with Gasteiger partial charge >= 0.3 is 5.97 Å². The number of esters is 1. The van der Waals surface area contributed by atoms with Crippen LogP contribution in [0.1, 0.15) is 127 Å². The van der Waals surface area contributed by atoms with Crippen LogP contribution in [0.5, 0.6) is 0 Å². The Labute approximate surface area is 384 Å². The molecular formula is C49H80O16. The highest BCUT2D eigenvalue weighted by Crippen LogP contribution is 2.76. The summed E-state index contributed by atoms with van der Waals surface area (Å²) in [4.78, 5) is 13.7. The Bertz CT molecular complexity index is 1780. The Morgan fingerprint density at radius 3 is 1.83 bits per heavy atom. The fourth-order valence-corrected chi connectivity index (χ4v) is 15.2. The molecule has 8 aliphatic rings. The molecule has 0 aromatic carbocycles. The van der Waals surface area contributed by atoms with Crippen LogP contribution in [0.3, 0.4) is 0 Å². The van der Waals surface area contributed by atoms with Gasteiger partial charge in [0.25, 0.3) is 0 Å². The predicted octanol–water partition coefficient (Wildman–Crippen LogP) is 2.85.